The highest BCUT2D eigenvalue weighted by molar-refractivity contribution is 7.25. The summed E-state index contributed by atoms with van der Waals surface area (Å²) in [6.07, 6.45) is 0. The van der Waals surface area contributed by atoms with E-state index in [4.69, 9.17) is 9.36 Å². The van der Waals surface area contributed by atoms with E-state index in [0.717, 1.165) is 38.7 Å². The molecule has 7 aromatic carbocycles. The molecule has 0 aliphatic rings. The summed E-state index contributed by atoms with van der Waals surface area (Å²) in [6.45, 7) is 0. The Balaban J connectivity index is 1.10. The van der Waals surface area contributed by atoms with Gasteiger partial charge in [0.1, 0.15) is 5.01 Å². The van der Waals surface area contributed by atoms with Crippen molar-refractivity contribution in [2.75, 3.05) is 0 Å². The molecule has 3 aromatic heterocycles. The minimum Gasteiger partial charge on any atom is -0.309 e. The molecular formula is C42H25N3S2. The SMILES string of the molecule is c1ccc(-c2nc(-c3ccc4c5ccccc5n(-c5ccc6c(c5)sc5ccccc56)c4c3)ns2)c(-c2ccc3ccccc3c2)c1. The number of hydrogen-bond acceptors (Lipinski definition) is 4. The smallest absolute Gasteiger partial charge is 0.173 e. The predicted octanol–water partition coefficient (Wildman–Crippen LogP) is 12.2. The first-order chi connectivity index (χ1) is 23.3. The van der Waals surface area contributed by atoms with Crippen LogP contribution in [0.25, 0.3) is 91.5 Å². The van der Waals surface area contributed by atoms with Crippen LogP contribution in [0, 0.1) is 0 Å². The van der Waals surface area contributed by atoms with Gasteiger partial charge in [-0.1, -0.05) is 115 Å². The monoisotopic (exact) mass is 635 g/mol. The lowest BCUT2D eigenvalue weighted by Gasteiger charge is -2.09. The summed E-state index contributed by atoms with van der Waals surface area (Å²) >= 11 is 3.31. The summed E-state index contributed by atoms with van der Waals surface area (Å²) in [5.74, 6) is 0.747. The number of hydrogen-bond donors (Lipinski definition) is 0. The quantitative estimate of drug-likeness (QED) is 0.193. The van der Waals surface area contributed by atoms with E-state index in [1.165, 1.54) is 64.3 Å². The highest BCUT2D eigenvalue weighted by Gasteiger charge is 2.17. The van der Waals surface area contributed by atoms with E-state index in [1.54, 1.807) is 0 Å². The number of aromatic nitrogens is 3. The fraction of sp³-hybridized carbons (Fsp3) is 0. The first kappa shape index (κ1) is 26.6. The molecule has 0 bridgehead atoms. The number of rotatable bonds is 4. The summed E-state index contributed by atoms with van der Waals surface area (Å²) in [7, 11) is 0. The van der Waals surface area contributed by atoms with Gasteiger partial charge >= 0.3 is 0 Å². The Morgan fingerprint density at radius 2 is 1.17 bits per heavy atom. The van der Waals surface area contributed by atoms with Crippen molar-refractivity contribution in [3.63, 3.8) is 0 Å². The Hall–Kier alpha value is -5.62. The van der Waals surface area contributed by atoms with Crippen molar-refractivity contribution in [1.29, 1.82) is 0 Å². The van der Waals surface area contributed by atoms with Crippen molar-refractivity contribution in [1.82, 2.24) is 13.9 Å². The molecule has 10 aromatic rings. The number of nitrogens with zero attached hydrogens (tertiary/aromatic N) is 3. The molecule has 0 amide bonds. The van der Waals surface area contributed by atoms with Crippen molar-refractivity contribution in [3.8, 4) is 38.8 Å². The van der Waals surface area contributed by atoms with Crippen LogP contribution in [0.1, 0.15) is 0 Å². The van der Waals surface area contributed by atoms with E-state index in [-0.39, 0.29) is 0 Å². The van der Waals surface area contributed by atoms with Gasteiger partial charge in [-0.3, -0.25) is 0 Å². The van der Waals surface area contributed by atoms with Gasteiger partial charge in [-0.25, -0.2) is 4.98 Å². The third-order valence-corrected chi connectivity index (χ3v) is 11.1. The molecule has 0 aliphatic carbocycles. The highest BCUT2D eigenvalue weighted by atomic mass is 32.1. The average Bonchev–Trinajstić information content (AvgIpc) is 3.85. The standard InChI is InChI=1S/C42H25N3S2/c1-2-10-27-23-28(18-17-26(27)9-1)31-11-3-4-14-36(31)42-43-41(44-47-42)29-19-21-33-32-12-5-7-15-37(32)45(38(33)24-29)30-20-22-35-34-13-6-8-16-39(34)46-40(35)25-30/h1-25H. The predicted molar refractivity (Wildman–Crippen MR) is 201 cm³/mol. The Bertz CT molecular complexity index is 2820. The van der Waals surface area contributed by atoms with Crippen LogP contribution in [0.3, 0.4) is 0 Å². The minimum atomic E-state index is 0.747. The summed E-state index contributed by atoms with van der Waals surface area (Å²) in [4.78, 5) is 5.13. The summed E-state index contributed by atoms with van der Waals surface area (Å²) in [5.41, 5.74) is 7.94. The normalized spacial score (nSPS) is 11.8. The number of thiophene rings is 1. The largest absolute Gasteiger partial charge is 0.309 e. The van der Waals surface area contributed by atoms with Crippen LogP contribution in [0.15, 0.2) is 152 Å². The van der Waals surface area contributed by atoms with Gasteiger partial charge in [-0.2, -0.15) is 4.37 Å². The van der Waals surface area contributed by atoms with Gasteiger partial charge in [0.25, 0.3) is 0 Å². The molecule has 0 saturated carbocycles. The van der Waals surface area contributed by atoms with E-state index in [2.05, 4.69) is 156 Å². The Morgan fingerprint density at radius 3 is 2.11 bits per heavy atom. The Labute approximate surface area is 278 Å². The van der Waals surface area contributed by atoms with Crippen LogP contribution in [0.2, 0.25) is 0 Å². The molecule has 5 heteroatoms. The number of benzene rings is 7. The molecule has 0 N–H and O–H groups in total. The van der Waals surface area contributed by atoms with Gasteiger partial charge < -0.3 is 4.57 Å². The fourth-order valence-corrected chi connectivity index (χ4v) is 8.83. The van der Waals surface area contributed by atoms with Crippen LogP contribution >= 0.6 is 22.9 Å². The zero-order valence-electron chi connectivity index (χ0n) is 25.1. The average molecular weight is 636 g/mol. The molecule has 0 radical (unpaired) electrons. The Morgan fingerprint density at radius 1 is 0.468 bits per heavy atom. The molecule has 0 saturated heterocycles. The summed E-state index contributed by atoms with van der Waals surface area (Å²) < 4.78 is 9.90. The molecule has 47 heavy (non-hydrogen) atoms. The second kappa shape index (κ2) is 10.5. The molecular weight excluding hydrogens is 611 g/mol. The van der Waals surface area contributed by atoms with Crippen LogP contribution in [-0.2, 0) is 0 Å². The highest BCUT2D eigenvalue weighted by Crippen LogP contribution is 2.40. The van der Waals surface area contributed by atoms with Crippen LogP contribution in [0.5, 0.6) is 0 Å². The molecule has 3 heterocycles. The second-order valence-corrected chi connectivity index (χ2v) is 13.7. The summed E-state index contributed by atoms with van der Waals surface area (Å²) in [6, 6.07) is 54.5. The maximum Gasteiger partial charge on any atom is 0.173 e. The van der Waals surface area contributed by atoms with Gasteiger partial charge in [0.05, 0.1) is 11.0 Å². The molecule has 0 spiro atoms. The fourth-order valence-electron chi connectivity index (χ4n) is 6.97. The minimum absolute atomic E-state index is 0.747. The van der Waals surface area contributed by atoms with E-state index in [0.29, 0.717) is 0 Å². The molecule has 0 unspecified atom stereocenters. The molecule has 10 rings (SSSR count). The number of para-hydroxylation sites is 1. The van der Waals surface area contributed by atoms with Gasteiger partial charge in [-0.05, 0) is 69.8 Å². The summed E-state index contributed by atoms with van der Waals surface area (Å²) in [5, 5.41) is 8.46. The van der Waals surface area contributed by atoms with E-state index < -0.39 is 0 Å². The van der Waals surface area contributed by atoms with Crippen molar-refractivity contribution >= 4 is 75.6 Å². The lowest BCUT2D eigenvalue weighted by molar-refractivity contribution is 1.19. The third-order valence-electron chi connectivity index (χ3n) is 9.20. The zero-order valence-corrected chi connectivity index (χ0v) is 26.7. The molecule has 220 valence electrons. The van der Waals surface area contributed by atoms with E-state index in [1.807, 2.05) is 11.3 Å². The molecule has 0 fully saturated rings. The maximum atomic E-state index is 5.13. The third kappa shape index (κ3) is 4.24. The number of fused-ring (bicyclic) bond motifs is 7. The van der Waals surface area contributed by atoms with Gasteiger partial charge in [0.15, 0.2) is 5.82 Å². The maximum absolute atomic E-state index is 5.13. The first-order valence-corrected chi connectivity index (χ1v) is 17.2. The first-order valence-electron chi connectivity index (χ1n) is 15.7. The lowest BCUT2D eigenvalue weighted by Crippen LogP contribution is -1.93. The van der Waals surface area contributed by atoms with Crippen molar-refractivity contribution in [2.24, 2.45) is 0 Å². The van der Waals surface area contributed by atoms with Crippen LogP contribution in [-0.4, -0.2) is 13.9 Å². The van der Waals surface area contributed by atoms with Crippen molar-refractivity contribution in [2.45, 2.75) is 0 Å². The van der Waals surface area contributed by atoms with Crippen molar-refractivity contribution in [3.05, 3.63) is 152 Å². The topological polar surface area (TPSA) is 30.7 Å². The molecule has 0 atom stereocenters. The van der Waals surface area contributed by atoms with Crippen molar-refractivity contribution < 1.29 is 0 Å². The van der Waals surface area contributed by atoms with Gasteiger partial charge in [-0.15, -0.1) is 11.3 Å². The van der Waals surface area contributed by atoms with E-state index in [9.17, 15) is 0 Å². The lowest BCUT2D eigenvalue weighted by atomic mass is 9.97. The van der Waals surface area contributed by atoms with Crippen LogP contribution < -0.4 is 0 Å². The van der Waals surface area contributed by atoms with Gasteiger partial charge in [0, 0.05) is 47.8 Å². The molecule has 0 aliphatic heterocycles. The second-order valence-electron chi connectivity index (χ2n) is 11.9. The molecule has 3 nitrogen and oxygen atoms in total. The van der Waals surface area contributed by atoms with Crippen LogP contribution in [0.4, 0.5) is 0 Å². The van der Waals surface area contributed by atoms with Gasteiger partial charge in [0.2, 0.25) is 0 Å². The Kier molecular flexibility index (Phi) is 5.92. The van der Waals surface area contributed by atoms with E-state index >= 15 is 0 Å². The zero-order chi connectivity index (χ0) is 30.9.